The summed E-state index contributed by atoms with van der Waals surface area (Å²) in [5, 5.41) is 0. The number of halogens is 3. The van der Waals surface area contributed by atoms with E-state index in [9.17, 15) is 18.0 Å². The number of nitrogens with zero attached hydrogens (tertiary/aromatic N) is 1. The highest BCUT2D eigenvalue weighted by atomic mass is 19.4. The fourth-order valence-electron chi connectivity index (χ4n) is 1.68. The van der Waals surface area contributed by atoms with Gasteiger partial charge >= 0.3 is 6.36 Å². The number of ketones is 1. The Bertz CT molecular complexity index is 621. The van der Waals surface area contributed by atoms with Crippen molar-refractivity contribution >= 4 is 5.78 Å². The maximum absolute atomic E-state index is 12.3. The maximum atomic E-state index is 12.3. The van der Waals surface area contributed by atoms with Crippen LogP contribution in [0.1, 0.15) is 17.4 Å². The third kappa shape index (κ3) is 3.34. The van der Waals surface area contributed by atoms with Crippen molar-refractivity contribution in [3.63, 3.8) is 0 Å². The number of rotatable bonds is 3. The van der Waals surface area contributed by atoms with Crippen molar-refractivity contribution in [3.8, 4) is 16.9 Å². The second-order valence-electron chi connectivity index (χ2n) is 4.03. The fourth-order valence-corrected chi connectivity index (χ4v) is 1.68. The number of aromatic nitrogens is 1. The minimum absolute atomic E-state index is 0.212. The highest BCUT2D eigenvalue weighted by Crippen LogP contribution is 2.33. The van der Waals surface area contributed by atoms with Crippen molar-refractivity contribution in [3.05, 3.63) is 48.3 Å². The quantitative estimate of drug-likeness (QED) is 0.802. The molecule has 0 bridgehead atoms. The van der Waals surface area contributed by atoms with Gasteiger partial charge in [-0.2, -0.15) is 0 Å². The molecule has 2 aromatic rings. The lowest BCUT2D eigenvalue weighted by Crippen LogP contribution is -2.17. The summed E-state index contributed by atoms with van der Waals surface area (Å²) < 4.78 is 40.9. The van der Waals surface area contributed by atoms with Gasteiger partial charge in [-0.3, -0.25) is 9.78 Å². The van der Waals surface area contributed by atoms with Crippen LogP contribution < -0.4 is 4.74 Å². The molecular weight excluding hydrogens is 271 g/mol. The lowest BCUT2D eigenvalue weighted by Gasteiger charge is -2.13. The van der Waals surface area contributed by atoms with Gasteiger partial charge in [-0.05, 0) is 12.1 Å². The van der Waals surface area contributed by atoms with Gasteiger partial charge in [0.1, 0.15) is 11.4 Å². The van der Waals surface area contributed by atoms with Crippen LogP contribution in [0.4, 0.5) is 13.2 Å². The van der Waals surface area contributed by atoms with Crippen LogP contribution in [0.2, 0.25) is 0 Å². The number of ether oxygens (including phenoxy) is 1. The first-order valence-corrected chi connectivity index (χ1v) is 5.69. The zero-order chi connectivity index (χ0) is 14.8. The maximum Gasteiger partial charge on any atom is 0.573 e. The minimum atomic E-state index is -4.76. The number of para-hydroxylation sites is 1. The summed E-state index contributed by atoms with van der Waals surface area (Å²) in [7, 11) is 0. The van der Waals surface area contributed by atoms with Gasteiger partial charge in [0.2, 0.25) is 0 Å². The van der Waals surface area contributed by atoms with E-state index in [-0.39, 0.29) is 22.8 Å². The minimum Gasteiger partial charge on any atom is -0.405 e. The van der Waals surface area contributed by atoms with Crippen molar-refractivity contribution in [1.29, 1.82) is 0 Å². The van der Waals surface area contributed by atoms with E-state index in [0.29, 0.717) is 5.56 Å². The van der Waals surface area contributed by atoms with Crippen LogP contribution in [0.25, 0.3) is 11.1 Å². The number of carbonyl (C=O) groups excluding carboxylic acids is 1. The summed E-state index contributed by atoms with van der Waals surface area (Å²) in [5.74, 6) is -0.520. The molecule has 0 saturated carbocycles. The predicted molar refractivity (Wildman–Crippen MR) is 66.4 cm³/mol. The van der Waals surface area contributed by atoms with Gasteiger partial charge in [-0.25, -0.2) is 0 Å². The second-order valence-corrected chi connectivity index (χ2v) is 4.03. The molecular formula is C14H10F3NO2. The molecule has 3 nitrogen and oxygen atoms in total. The van der Waals surface area contributed by atoms with Gasteiger partial charge in [0.15, 0.2) is 5.78 Å². The Morgan fingerprint density at radius 1 is 1.15 bits per heavy atom. The Balaban J connectivity index is 2.39. The van der Waals surface area contributed by atoms with Gasteiger partial charge in [-0.1, -0.05) is 24.3 Å². The number of hydrogen-bond acceptors (Lipinski definition) is 3. The number of alkyl halides is 3. The van der Waals surface area contributed by atoms with E-state index in [1.165, 1.54) is 43.5 Å². The standard InChI is InChI=1S/C14H10F3NO2/c1-9(19)12-7-6-10(8-18-12)11-4-2-3-5-13(11)20-14(15,16)17/h2-8H,1H3. The van der Waals surface area contributed by atoms with Gasteiger partial charge in [0, 0.05) is 24.2 Å². The molecule has 0 spiro atoms. The molecule has 0 aliphatic carbocycles. The van der Waals surface area contributed by atoms with E-state index in [2.05, 4.69) is 9.72 Å². The van der Waals surface area contributed by atoms with E-state index >= 15 is 0 Å². The Labute approximate surface area is 113 Å². The first-order valence-electron chi connectivity index (χ1n) is 5.69. The molecule has 2 rings (SSSR count). The summed E-state index contributed by atoms with van der Waals surface area (Å²) in [6.45, 7) is 1.36. The first-order chi connectivity index (χ1) is 9.37. The molecule has 0 aliphatic rings. The topological polar surface area (TPSA) is 39.2 Å². The number of benzene rings is 1. The molecule has 0 atom stereocenters. The third-order valence-electron chi connectivity index (χ3n) is 2.55. The molecule has 1 heterocycles. The summed E-state index contributed by atoms with van der Waals surface area (Å²) >= 11 is 0. The van der Waals surface area contributed by atoms with Crippen LogP contribution in [-0.4, -0.2) is 17.1 Å². The predicted octanol–water partition coefficient (Wildman–Crippen LogP) is 3.85. The monoisotopic (exact) mass is 281 g/mol. The smallest absolute Gasteiger partial charge is 0.405 e. The molecule has 20 heavy (non-hydrogen) atoms. The highest BCUT2D eigenvalue weighted by Gasteiger charge is 2.32. The zero-order valence-corrected chi connectivity index (χ0v) is 10.4. The van der Waals surface area contributed by atoms with Crippen LogP contribution in [-0.2, 0) is 0 Å². The molecule has 6 heteroatoms. The molecule has 1 aromatic heterocycles. The fraction of sp³-hybridized carbons (Fsp3) is 0.143. The van der Waals surface area contributed by atoms with E-state index in [4.69, 9.17) is 0 Å². The van der Waals surface area contributed by atoms with Crippen molar-refractivity contribution in [2.24, 2.45) is 0 Å². The van der Waals surface area contributed by atoms with Crippen LogP contribution in [0, 0.1) is 0 Å². The molecule has 0 fully saturated rings. The Morgan fingerprint density at radius 3 is 2.40 bits per heavy atom. The van der Waals surface area contributed by atoms with Gasteiger partial charge in [-0.15, -0.1) is 13.2 Å². The zero-order valence-electron chi connectivity index (χ0n) is 10.4. The van der Waals surface area contributed by atoms with Gasteiger partial charge < -0.3 is 4.74 Å². The van der Waals surface area contributed by atoms with Gasteiger partial charge in [0.05, 0.1) is 0 Å². The molecule has 0 amide bonds. The molecule has 0 unspecified atom stereocenters. The number of pyridine rings is 1. The molecule has 0 radical (unpaired) electrons. The number of carbonyl (C=O) groups is 1. The molecule has 0 aliphatic heterocycles. The normalized spacial score (nSPS) is 11.2. The van der Waals surface area contributed by atoms with Crippen molar-refractivity contribution in [2.75, 3.05) is 0 Å². The van der Waals surface area contributed by atoms with E-state index in [0.717, 1.165) is 0 Å². The van der Waals surface area contributed by atoms with Crippen molar-refractivity contribution in [1.82, 2.24) is 4.98 Å². The molecule has 1 aromatic carbocycles. The van der Waals surface area contributed by atoms with Crippen LogP contribution in [0.3, 0.4) is 0 Å². The third-order valence-corrected chi connectivity index (χ3v) is 2.55. The Kier molecular flexibility index (Phi) is 3.74. The Hall–Kier alpha value is -2.37. The second kappa shape index (κ2) is 5.32. The number of hydrogen-bond donors (Lipinski definition) is 0. The summed E-state index contributed by atoms with van der Waals surface area (Å²) in [6.07, 6.45) is -3.42. The van der Waals surface area contributed by atoms with Crippen LogP contribution in [0.5, 0.6) is 5.75 Å². The average Bonchev–Trinajstić information content (AvgIpc) is 2.37. The Morgan fingerprint density at radius 2 is 1.85 bits per heavy atom. The summed E-state index contributed by atoms with van der Waals surface area (Å²) in [4.78, 5) is 15.0. The van der Waals surface area contributed by atoms with E-state index in [1.54, 1.807) is 6.07 Å². The lowest BCUT2D eigenvalue weighted by atomic mass is 10.1. The molecule has 0 N–H and O–H groups in total. The van der Waals surface area contributed by atoms with Crippen molar-refractivity contribution < 1.29 is 22.7 Å². The average molecular weight is 281 g/mol. The molecule has 104 valence electrons. The first kappa shape index (κ1) is 14.0. The molecule has 0 saturated heterocycles. The summed E-state index contributed by atoms with van der Waals surface area (Å²) in [6, 6.07) is 8.75. The lowest BCUT2D eigenvalue weighted by molar-refractivity contribution is -0.274. The van der Waals surface area contributed by atoms with Crippen LogP contribution >= 0.6 is 0 Å². The number of Topliss-reactive ketones (excluding diaryl/α,β-unsaturated/α-hetero) is 1. The van der Waals surface area contributed by atoms with E-state index in [1.807, 2.05) is 0 Å². The van der Waals surface area contributed by atoms with Crippen molar-refractivity contribution in [2.45, 2.75) is 13.3 Å². The van der Waals surface area contributed by atoms with E-state index < -0.39 is 6.36 Å². The summed E-state index contributed by atoms with van der Waals surface area (Å²) in [5.41, 5.74) is 0.949. The van der Waals surface area contributed by atoms with Crippen LogP contribution in [0.15, 0.2) is 42.6 Å². The van der Waals surface area contributed by atoms with Gasteiger partial charge in [0.25, 0.3) is 0 Å². The largest absolute Gasteiger partial charge is 0.573 e. The SMILES string of the molecule is CC(=O)c1ccc(-c2ccccc2OC(F)(F)F)cn1. The highest BCUT2D eigenvalue weighted by molar-refractivity contribution is 5.92.